The summed E-state index contributed by atoms with van der Waals surface area (Å²) in [6.45, 7) is 0.157. The van der Waals surface area contributed by atoms with Crippen LogP contribution in [0.25, 0.3) is 0 Å². The van der Waals surface area contributed by atoms with Crippen molar-refractivity contribution in [2.75, 3.05) is 20.6 Å². The Morgan fingerprint density at radius 3 is 2.61 bits per heavy atom. The highest BCUT2D eigenvalue weighted by Crippen LogP contribution is 2.15. The molecule has 0 aliphatic rings. The fourth-order valence-corrected chi connectivity index (χ4v) is 2.38. The molecule has 0 unspecified atom stereocenters. The van der Waals surface area contributed by atoms with Crippen molar-refractivity contribution in [3.05, 3.63) is 29.6 Å². The first-order chi connectivity index (χ1) is 8.36. The zero-order valence-electron chi connectivity index (χ0n) is 10.1. The zero-order chi connectivity index (χ0) is 13.8. The van der Waals surface area contributed by atoms with Crippen LogP contribution in [0.15, 0.2) is 23.1 Å². The van der Waals surface area contributed by atoms with Gasteiger partial charge in [0.05, 0.1) is 6.54 Å². The van der Waals surface area contributed by atoms with Crippen LogP contribution in [0.1, 0.15) is 5.56 Å². The predicted octanol–water partition coefficient (Wildman–Crippen LogP) is -0.109. The maximum Gasteiger partial charge on any atom is 0.256 e. The van der Waals surface area contributed by atoms with E-state index in [2.05, 4.69) is 16.7 Å². The summed E-state index contributed by atoms with van der Waals surface area (Å²) in [5.74, 6) is 4.33. The molecule has 18 heavy (non-hydrogen) atoms. The number of hydrogen-bond acceptors (Lipinski definition) is 4. The molecular formula is C11H14FN3O2S. The van der Waals surface area contributed by atoms with Gasteiger partial charge in [-0.05, 0) is 18.2 Å². The van der Waals surface area contributed by atoms with Gasteiger partial charge in [-0.15, -0.1) is 4.83 Å². The normalized spacial score (nSPS) is 11.2. The van der Waals surface area contributed by atoms with E-state index in [1.165, 1.54) is 31.2 Å². The van der Waals surface area contributed by atoms with E-state index in [0.29, 0.717) is 5.56 Å². The molecule has 0 saturated heterocycles. The summed E-state index contributed by atoms with van der Waals surface area (Å²) in [5.41, 5.74) is 5.57. The lowest BCUT2D eigenvalue weighted by atomic mass is 10.2. The van der Waals surface area contributed by atoms with E-state index < -0.39 is 20.7 Å². The number of nitrogens with two attached hydrogens (primary N) is 1. The average molecular weight is 271 g/mol. The molecule has 1 aromatic rings. The van der Waals surface area contributed by atoms with Gasteiger partial charge in [0, 0.05) is 19.7 Å². The first-order valence-electron chi connectivity index (χ1n) is 5.05. The van der Waals surface area contributed by atoms with Gasteiger partial charge in [0.2, 0.25) is 0 Å². The van der Waals surface area contributed by atoms with Gasteiger partial charge >= 0.3 is 0 Å². The summed E-state index contributed by atoms with van der Waals surface area (Å²) >= 11 is 0. The minimum atomic E-state index is -3.90. The molecular weight excluding hydrogens is 257 g/mol. The molecule has 0 aromatic heterocycles. The van der Waals surface area contributed by atoms with Crippen molar-refractivity contribution in [1.82, 2.24) is 9.84 Å². The number of sulfonamides is 1. The maximum atomic E-state index is 13.7. The molecule has 0 amide bonds. The molecule has 1 rings (SSSR count). The number of halogens is 1. The summed E-state index contributed by atoms with van der Waals surface area (Å²) in [4.78, 5) is 1.73. The summed E-state index contributed by atoms with van der Waals surface area (Å²) in [5, 5.41) is 1.22. The fourth-order valence-electron chi connectivity index (χ4n) is 1.24. The van der Waals surface area contributed by atoms with E-state index in [1.54, 1.807) is 0 Å². The van der Waals surface area contributed by atoms with Crippen molar-refractivity contribution in [2.24, 2.45) is 5.73 Å². The lowest BCUT2D eigenvalue weighted by molar-refractivity contribution is 0.363. The van der Waals surface area contributed by atoms with Crippen LogP contribution < -0.4 is 10.6 Å². The molecule has 5 nitrogen and oxygen atoms in total. The van der Waals surface area contributed by atoms with Crippen LogP contribution in [0.4, 0.5) is 4.39 Å². The molecule has 0 saturated carbocycles. The van der Waals surface area contributed by atoms with E-state index in [4.69, 9.17) is 5.73 Å². The summed E-state index contributed by atoms with van der Waals surface area (Å²) in [6, 6.07) is 3.66. The van der Waals surface area contributed by atoms with Gasteiger partial charge in [0.25, 0.3) is 10.0 Å². The fraction of sp³-hybridized carbons (Fsp3) is 0.273. The Morgan fingerprint density at radius 1 is 1.44 bits per heavy atom. The smallest absolute Gasteiger partial charge is 0.256 e. The highest BCUT2D eigenvalue weighted by Gasteiger charge is 2.19. The largest absolute Gasteiger partial charge is 0.320 e. The van der Waals surface area contributed by atoms with E-state index in [0.717, 1.165) is 6.07 Å². The second-order valence-corrected chi connectivity index (χ2v) is 5.27. The molecule has 0 heterocycles. The summed E-state index contributed by atoms with van der Waals surface area (Å²) in [6.07, 6.45) is 0. The Balaban J connectivity index is 3.13. The lowest BCUT2D eigenvalue weighted by Gasteiger charge is -2.12. The van der Waals surface area contributed by atoms with Crippen molar-refractivity contribution in [3.63, 3.8) is 0 Å². The van der Waals surface area contributed by atoms with Crippen molar-refractivity contribution in [1.29, 1.82) is 0 Å². The molecule has 0 spiro atoms. The number of benzene rings is 1. The standard InChI is InChI=1S/C11H14FN3O2S/c1-15(2)14-18(16,17)11-6-5-9(4-3-7-13)8-10(11)12/h5-6,8,14H,7,13H2,1-2H3. The van der Waals surface area contributed by atoms with Gasteiger partial charge < -0.3 is 5.73 Å². The van der Waals surface area contributed by atoms with Crippen LogP contribution >= 0.6 is 0 Å². The van der Waals surface area contributed by atoms with Crippen molar-refractivity contribution < 1.29 is 12.8 Å². The Bertz CT molecular complexity index is 588. The van der Waals surface area contributed by atoms with Gasteiger partial charge in [-0.25, -0.2) is 17.8 Å². The zero-order valence-corrected chi connectivity index (χ0v) is 10.9. The minimum absolute atomic E-state index is 0.157. The van der Waals surface area contributed by atoms with Gasteiger partial charge in [-0.3, -0.25) is 0 Å². The monoisotopic (exact) mass is 271 g/mol. The van der Waals surface area contributed by atoms with Gasteiger partial charge in [-0.2, -0.15) is 0 Å². The SMILES string of the molecule is CN(C)NS(=O)(=O)c1ccc(C#CCN)cc1F. The quantitative estimate of drug-likeness (QED) is 0.594. The highest BCUT2D eigenvalue weighted by atomic mass is 32.2. The first kappa shape index (κ1) is 14.6. The lowest BCUT2D eigenvalue weighted by Crippen LogP contribution is -2.36. The third kappa shape index (κ3) is 3.78. The Kier molecular flexibility index (Phi) is 4.81. The molecule has 0 fully saturated rings. The van der Waals surface area contributed by atoms with Crippen LogP contribution in [-0.4, -0.2) is 34.1 Å². The summed E-state index contributed by atoms with van der Waals surface area (Å²) < 4.78 is 37.2. The molecule has 98 valence electrons. The van der Waals surface area contributed by atoms with Crippen LogP contribution in [0.3, 0.4) is 0 Å². The molecule has 0 aliphatic carbocycles. The minimum Gasteiger partial charge on any atom is -0.320 e. The second-order valence-electron chi connectivity index (χ2n) is 3.64. The molecule has 1 aromatic carbocycles. The van der Waals surface area contributed by atoms with Gasteiger partial charge in [0.1, 0.15) is 10.7 Å². The predicted molar refractivity (Wildman–Crippen MR) is 66.3 cm³/mol. The van der Waals surface area contributed by atoms with Crippen LogP contribution in [0.5, 0.6) is 0 Å². The molecule has 0 atom stereocenters. The maximum absolute atomic E-state index is 13.7. The van der Waals surface area contributed by atoms with Gasteiger partial charge in [0.15, 0.2) is 0 Å². The van der Waals surface area contributed by atoms with E-state index in [1.807, 2.05) is 0 Å². The summed E-state index contributed by atoms with van der Waals surface area (Å²) in [7, 11) is -0.906. The Labute approximate surface area is 106 Å². The first-order valence-corrected chi connectivity index (χ1v) is 6.53. The number of nitrogens with one attached hydrogen (secondary N) is 1. The number of rotatable bonds is 3. The highest BCUT2D eigenvalue weighted by molar-refractivity contribution is 7.89. The topological polar surface area (TPSA) is 75.4 Å². The van der Waals surface area contributed by atoms with Crippen molar-refractivity contribution >= 4 is 10.0 Å². The van der Waals surface area contributed by atoms with E-state index in [-0.39, 0.29) is 6.54 Å². The molecule has 0 bridgehead atoms. The van der Waals surface area contributed by atoms with Crippen LogP contribution in [0, 0.1) is 17.7 Å². The van der Waals surface area contributed by atoms with Crippen LogP contribution in [0.2, 0.25) is 0 Å². The van der Waals surface area contributed by atoms with E-state index in [9.17, 15) is 12.8 Å². The molecule has 0 aliphatic heterocycles. The molecule has 3 N–H and O–H groups in total. The molecule has 0 radical (unpaired) electrons. The van der Waals surface area contributed by atoms with Crippen LogP contribution in [-0.2, 0) is 10.0 Å². The third-order valence-electron chi connectivity index (χ3n) is 1.86. The van der Waals surface area contributed by atoms with Crippen molar-refractivity contribution in [2.45, 2.75) is 4.90 Å². The third-order valence-corrected chi connectivity index (χ3v) is 3.37. The van der Waals surface area contributed by atoms with E-state index >= 15 is 0 Å². The Hall–Kier alpha value is -1.46. The van der Waals surface area contributed by atoms with Crippen molar-refractivity contribution in [3.8, 4) is 11.8 Å². The number of hydrogen-bond donors (Lipinski definition) is 2. The molecule has 7 heteroatoms. The van der Waals surface area contributed by atoms with Gasteiger partial charge in [-0.1, -0.05) is 11.8 Å². The average Bonchev–Trinajstić information content (AvgIpc) is 2.24. The Morgan fingerprint density at radius 2 is 2.11 bits per heavy atom. The number of nitrogens with zero attached hydrogens (tertiary/aromatic N) is 1. The second kappa shape index (κ2) is 5.93. The number of hydrazine groups is 1.